The highest BCUT2D eigenvalue weighted by Gasteiger charge is 2.16. The van der Waals surface area contributed by atoms with Crippen molar-refractivity contribution in [1.29, 1.82) is 0 Å². The number of hydrogen-bond donors (Lipinski definition) is 1. The van der Waals surface area contributed by atoms with Crippen molar-refractivity contribution in [2.75, 3.05) is 7.11 Å². The van der Waals surface area contributed by atoms with E-state index in [0.717, 1.165) is 0 Å². The van der Waals surface area contributed by atoms with E-state index in [-0.39, 0.29) is 5.56 Å². The van der Waals surface area contributed by atoms with Gasteiger partial charge in [0.2, 0.25) is 0 Å². The number of halogens is 1. The predicted octanol–water partition coefficient (Wildman–Crippen LogP) is 2.89. The maximum atomic E-state index is 11.5. The molecule has 0 atom stereocenters. The number of rotatable bonds is 3. The molecule has 1 aromatic heterocycles. The van der Waals surface area contributed by atoms with Crippen molar-refractivity contribution in [3.05, 3.63) is 52.8 Å². The summed E-state index contributed by atoms with van der Waals surface area (Å²) in [6, 6.07) is 6.07. The normalized spacial score (nSPS) is 10.1. The molecule has 5 nitrogen and oxygen atoms in total. The highest BCUT2D eigenvalue weighted by atomic mass is 35.5. The molecule has 0 aliphatic rings. The first-order valence-electron chi connectivity index (χ1n) is 5.60. The SMILES string of the molecule is COC(=O)c1ccc(Cl)c(-c2ccncc2C(=O)O)c1. The maximum Gasteiger partial charge on any atom is 0.337 e. The third-order valence-corrected chi connectivity index (χ3v) is 3.06. The van der Waals surface area contributed by atoms with Gasteiger partial charge in [-0.25, -0.2) is 9.59 Å². The molecule has 1 heterocycles. The van der Waals surface area contributed by atoms with Crippen LogP contribution in [0.1, 0.15) is 20.7 Å². The minimum absolute atomic E-state index is 0.0106. The van der Waals surface area contributed by atoms with Crippen LogP contribution in [0.15, 0.2) is 36.7 Å². The van der Waals surface area contributed by atoms with Crippen molar-refractivity contribution >= 4 is 23.5 Å². The molecule has 0 radical (unpaired) electrons. The molecular formula is C14H10ClNO4. The van der Waals surface area contributed by atoms with Crippen molar-refractivity contribution < 1.29 is 19.4 Å². The zero-order valence-corrected chi connectivity index (χ0v) is 11.2. The zero-order valence-electron chi connectivity index (χ0n) is 10.5. The Morgan fingerprint density at radius 3 is 2.65 bits per heavy atom. The van der Waals surface area contributed by atoms with Crippen molar-refractivity contribution in [2.45, 2.75) is 0 Å². The Hall–Kier alpha value is -2.40. The molecule has 0 amide bonds. The van der Waals surface area contributed by atoms with Crippen LogP contribution in [0.25, 0.3) is 11.1 Å². The lowest BCUT2D eigenvalue weighted by molar-refractivity contribution is 0.0600. The molecule has 1 aromatic carbocycles. The van der Waals surface area contributed by atoms with Crippen LogP contribution in [0.4, 0.5) is 0 Å². The summed E-state index contributed by atoms with van der Waals surface area (Å²) in [6.07, 6.45) is 2.70. The summed E-state index contributed by atoms with van der Waals surface area (Å²) in [4.78, 5) is 26.5. The van der Waals surface area contributed by atoms with Crippen LogP contribution in [-0.2, 0) is 4.74 Å². The summed E-state index contributed by atoms with van der Waals surface area (Å²) in [6.45, 7) is 0. The second-order valence-electron chi connectivity index (χ2n) is 3.91. The number of carboxylic acid groups (broad SMARTS) is 1. The molecule has 0 unspecified atom stereocenters. The smallest absolute Gasteiger partial charge is 0.337 e. The van der Waals surface area contributed by atoms with Gasteiger partial charge in [-0.1, -0.05) is 11.6 Å². The van der Waals surface area contributed by atoms with E-state index in [1.165, 1.54) is 43.8 Å². The van der Waals surface area contributed by atoms with Gasteiger partial charge in [0.05, 0.1) is 18.2 Å². The molecule has 0 saturated heterocycles. The van der Waals surface area contributed by atoms with E-state index in [2.05, 4.69) is 9.72 Å². The number of ether oxygens (including phenoxy) is 1. The van der Waals surface area contributed by atoms with E-state index in [9.17, 15) is 9.59 Å². The van der Waals surface area contributed by atoms with Crippen molar-refractivity contribution in [3.63, 3.8) is 0 Å². The van der Waals surface area contributed by atoms with Crippen molar-refractivity contribution in [2.24, 2.45) is 0 Å². The third-order valence-electron chi connectivity index (χ3n) is 2.73. The number of aromatic carboxylic acids is 1. The second kappa shape index (κ2) is 5.71. The average molecular weight is 292 g/mol. The summed E-state index contributed by atoms with van der Waals surface area (Å²) in [5.41, 5.74) is 1.13. The van der Waals surface area contributed by atoms with E-state index in [0.29, 0.717) is 21.7 Å². The summed E-state index contributed by atoms with van der Waals surface area (Å²) >= 11 is 6.09. The highest BCUT2D eigenvalue weighted by molar-refractivity contribution is 6.33. The Labute approximate surface area is 119 Å². The predicted molar refractivity (Wildman–Crippen MR) is 73.0 cm³/mol. The molecule has 102 valence electrons. The molecule has 0 saturated carbocycles. The topological polar surface area (TPSA) is 76.5 Å². The lowest BCUT2D eigenvalue weighted by Crippen LogP contribution is -2.03. The fourth-order valence-electron chi connectivity index (χ4n) is 1.78. The Kier molecular flexibility index (Phi) is 4.00. The summed E-state index contributed by atoms with van der Waals surface area (Å²) < 4.78 is 4.63. The highest BCUT2D eigenvalue weighted by Crippen LogP contribution is 2.31. The van der Waals surface area contributed by atoms with E-state index in [1.54, 1.807) is 0 Å². The number of methoxy groups -OCH3 is 1. The van der Waals surface area contributed by atoms with Crippen molar-refractivity contribution in [3.8, 4) is 11.1 Å². The lowest BCUT2D eigenvalue weighted by atomic mass is 10.00. The zero-order chi connectivity index (χ0) is 14.7. The quantitative estimate of drug-likeness (QED) is 0.880. The average Bonchev–Trinajstić information content (AvgIpc) is 2.47. The molecule has 0 aliphatic heterocycles. The molecule has 0 spiro atoms. The molecule has 1 N–H and O–H groups in total. The molecule has 0 bridgehead atoms. The number of pyridine rings is 1. The molecule has 2 aromatic rings. The third kappa shape index (κ3) is 2.62. The number of nitrogens with zero attached hydrogens (tertiary/aromatic N) is 1. The van der Waals surface area contributed by atoms with Gasteiger partial charge in [0.1, 0.15) is 0 Å². The number of carbonyl (C=O) groups excluding carboxylic acids is 1. The first-order valence-corrected chi connectivity index (χ1v) is 5.98. The Morgan fingerprint density at radius 2 is 2.00 bits per heavy atom. The van der Waals surface area contributed by atoms with Gasteiger partial charge >= 0.3 is 11.9 Å². The number of hydrogen-bond acceptors (Lipinski definition) is 4. The van der Waals surface area contributed by atoms with E-state index in [4.69, 9.17) is 16.7 Å². The van der Waals surface area contributed by atoms with Gasteiger partial charge in [-0.3, -0.25) is 4.98 Å². The lowest BCUT2D eigenvalue weighted by Gasteiger charge is -2.09. The summed E-state index contributed by atoms with van der Waals surface area (Å²) in [5.74, 6) is -1.64. The fourth-order valence-corrected chi connectivity index (χ4v) is 2.00. The maximum absolute atomic E-state index is 11.5. The van der Waals surface area contributed by atoms with Gasteiger partial charge in [0.25, 0.3) is 0 Å². The largest absolute Gasteiger partial charge is 0.478 e. The Morgan fingerprint density at radius 1 is 1.25 bits per heavy atom. The van der Waals surface area contributed by atoms with Gasteiger partial charge in [-0.2, -0.15) is 0 Å². The van der Waals surface area contributed by atoms with E-state index >= 15 is 0 Å². The van der Waals surface area contributed by atoms with Crippen LogP contribution < -0.4 is 0 Å². The molecule has 6 heteroatoms. The van der Waals surface area contributed by atoms with Crippen LogP contribution in [0, 0.1) is 0 Å². The molecule has 2 rings (SSSR count). The Bertz CT molecular complexity index is 685. The monoisotopic (exact) mass is 291 g/mol. The van der Waals surface area contributed by atoms with Crippen LogP contribution in [0.3, 0.4) is 0 Å². The van der Waals surface area contributed by atoms with E-state index in [1.807, 2.05) is 0 Å². The van der Waals surface area contributed by atoms with Gasteiger partial charge in [-0.05, 0) is 24.3 Å². The first kappa shape index (κ1) is 14.0. The molecule has 0 aliphatic carbocycles. The number of esters is 1. The second-order valence-corrected chi connectivity index (χ2v) is 4.32. The van der Waals surface area contributed by atoms with E-state index < -0.39 is 11.9 Å². The number of carbonyl (C=O) groups is 2. The summed E-state index contributed by atoms with van der Waals surface area (Å²) in [5, 5.41) is 9.51. The van der Waals surface area contributed by atoms with Crippen LogP contribution >= 0.6 is 11.6 Å². The molecule has 0 fully saturated rings. The van der Waals surface area contributed by atoms with Crippen LogP contribution in [0.5, 0.6) is 0 Å². The number of carboxylic acids is 1. The number of benzene rings is 1. The standard InChI is InChI=1S/C14H10ClNO4/c1-20-14(19)8-2-3-12(15)10(6-8)9-4-5-16-7-11(9)13(17)18/h2-7H,1H3,(H,17,18). The van der Waals surface area contributed by atoms with Gasteiger partial charge < -0.3 is 9.84 Å². The first-order chi connectivity index (χ1) is 9.54. The Balaban J connectivity index is 2.63. The van der Waals surface area contributed by atoms with Gasteiger partial charge in [0, 0.05) is 28.5 Å². The van der Waals surface area contributed by atoms with Gasteiger partial charge in [-0.15, -0.1) is 0 Å². The van der Waals surface area contributed by atoms with Crippen LogP contribution in [-0.4, -0.2) is 29.1 Å². The van der Waals surface area contributed by atoms with Crippen LogP contribution in [0.2, 0.25) is 5.02 Å². The molecule has 20 heavy (non-hydrogen) atoms. The van der Waals surface area contributed by atoms with Gasteiger partial charge in [0.15, 0.2) is 0 Å². The summed E-state index contributed by atoms with van der Waals surface area (Å²) in [7, 11) is 1.27. The fraction of sp³-hybridized carbons (Fsp3) is 0.0714. The molecular weight excluding hydrogens is 282 g/mol. The minimum Gasteiger partial charge on any atom is -0.478 e. The van der Waals surface area contributed by atoms with Crippen molar-refractivity contribution in [1.82, 2.24) is 4.98 Å². The number of aromatic nitrogens is 1. The minimum atomic E-state index is -1.12.